The topological polar surface area (TPSA) is 51.8 Å². The summed E-state index contributed by atoms with van der Waals surface area (Å²) in [4.78, 5) is 8.90. The van der Waals surface area contributed by atoms with E-state index in [4.69, 9.17) is 5.73 Å². The van der Waals surface area contributed by atoms with Crippen molar-refractivity contribution < 1.29 is 0 Å². The molecular weight excluding hydrogens is 226 g/mol. The second kappa shape index (κ2) is 3.66. The monoisotopic (exact) mass is 239 g/mol. The minimum atomic E-state index is -0.367. The van der Waals surface area contributed by atoms with Crippen LogP contribution < -0.4 is 5.73 Å². The van der Waals surface area contributed by atoms with Crippen LogP contribution >= 0.6 is 22.7 Å². The number of nitrogens with two attached hydrogens (primary N) is 1. The van der Waals surface area contributed by atoms with Gasteiger partial charge in [-0.3, -0.25) is 0 Å². The number of thiazole rings is 2. The molecule has 80 valence electrons. The summed E-state index contributed by atoms with van der Waals surface area (Å²) in [6.07, 6.45) is 0. The molecule has 0 aliphatic heterocycles. The first-order chi connectivity index (χ1) is 6.97. The first-order valence-electron chi connectivity index (χ1n) is 4.64. The van der Waals surface area contributed by atoms with Crippen molar-refractivity contribution in [2.45, 2.75) is 26.3 Å². The third-order valence-corrected chi connectivity index (χ3v) is 3.89. The maximum atomic E-state index is 5.98. The summed E-state index contributed by atoms with van der Waals surface area (Å²) in [5, 5.41) is 6.05. The van der Waals surface area contributed by atoms with Crippen LogP contribution in [0.2, 0.25) is 0 Å². The summed E-state index contributed by atoms with van der Waals surface area (Å²) in [6, 6.07) is 0. The molecule has 0 spiro atoms. The van der Waals surface area contributed by atoms with Gasteiger partial charge in [-0.15, -0.1) is 22.7 Å². The molecule has 0 unspecified atom stereocenters. The largest absolute Gasteiger partial charge is 0.320 e. The van der Waals surface area contributed by atoms with Crippen LogP contribution in [0, 0.1) is 6.92 Å². The first kappa shape index (κ1) is 10.7. The van der Waals surface area contributed by atoms with E-state index in [9.17, 15) is 0 Å². The first-order valence-corrected chi connectivity index (χ1v) is 6.40. The van der Waals surface area contributed by atoms with Gasteiger partial charge in [0.2, 0.25) is 0 Å². The molecule has 15 heavy (non-hydrogen) atoms. The van der Waals surface area contributed by atoms with E-state index in [0.717, 1.165) is 21.4 Å². The molecule has 0 saturated carbocycles. The second-order valence-electron chi connectivity index (χ2n) is 4.01. The Hall–Kier alpha value is -0.780. The molecule has 0 radical (unpaired) electrons. The highest BCUT2D eigenvalue weighted by Gasteiger charge is 2.19. The Morgan fingerprint density at radius 1 is 1.13 bits per heavy atom. The minimum absolute atomic E-state index is 0.367. The number of aromatic nitrogens is 2. The summed E-state index contributed by atoms with van der Waals surface area (Å²) in [5.74, 6) is 0. The molecule has 0 fully saturated rings. The highest BCUT2D eigenvalue weighted by molar-refractivity contribution is 7.10. The van der Waals surface area contributed by atoms with E-state index < -0.39 is 0 Å². The van der Waals surface area contributed by atoms with Crippen molar-refractivity contribution in [2.24, 2.45) is 5.73 Å². The third kappa shape index (κ3) is 2.25. The average molecular weight is 239 g/mol. The maximum Gasteiger partial charge on any atom is 0.113 e. The molecule has 0 aliphatic rings. The molecule has 0 aliphatic carbocycles. The number of hydrogen-bond acceptors (Lipinski definition) is 5. The number of aryl methyl sites for hydroxylation is 1. The molecule has 2 aromatic heterocycles. The Labute approximate surface area is 97.0 Å². The lowest BCUT2D eigenvalue weighted by Crippen LogP contribution is -2.28. The fraction of sp³-hybridized carbons (Fsp3) is 0.400. The molecule has 0 saturated heterocycles. The van der Waals surface area contributed by atoms with E-state index in [1.165, 1.54) is 0 Å². The molecule has 5 heteroatoms. The second-order valence-corrected chi connectivity index (χ2v) is 5.93. The van der Waals surface area contributed by atoms with Gasteiger partial charge in [0.05, 0.1) is 10.5 Å². The average Bonchev–Trinajstić information content (AvgIpc) is 2.69. The lowest BCUT2D eigenvalue weighted by atomic mass is 10.1. The predicted octanol–water partition coefficient (Wildman–Crippen LogP) is 2.77. The fourth-order valence-electron chi connectivity index (χ4n) is 1.17. The van der Waals surface area contributed by atoms with Gasteiger partial charge < -0.3 is 5.73 Å². The van der Waals surface area contributed by atoms with Crippen molar-refractivity contribution in [3.63, 3.8) is 0 Å². The molecule has 0 bridgehead atoms. The zero-order valence-corrected chi connectivity index (χ0v) is 10.6. The molecule has 0 amide bonds. The van der Waals surface area contributed by atoms with E-state index in [2.05, 4.69) is 9.97 Å². The third-order valence-electron chi connectivity index (χ3n) is 1.94. The van der Waals surface area contributed by atoms with Crippen molar-refractivity contribution in [2.75, 3.05) is 0 Å². The molecule has 2 heterocycles. The van der Waals surface area contributed by atoms with Gasteiger partial charge in [-0.25, -0.2) is 9.97 Å². The summed E-state index contributed by atoms with van der Waals surface area (Å²) >= 11 is 3.23. The quantitative estimate of drug-likeness (QED) is 0.876. The smallest absolute Gasteiger partial charge is 0.113 e. The maximum absolute atomic E-state index is 5.98. The highest BCUT2D eigenvalue weighted by Crippen LogP contribution is 2.27. The summed E-state index contributed by atoms with van der Waals surface area (Å²) in [7, 11) is 0. The Morgan fingerprint density at radius 2 is 1.73 bits per heavy atom. The van der Waals surface area contributed by atoms with Gasteiger partial charge >= 0.3 is 0 Å². The molecule has 2 rings (SSSR count). The van der Waals surface area contributed by atoms with Crippen LogP contribution in [-0.4, -0.2) is 9.97 Å². The van der Waals surface area contributed by atoms with Crippen LogP contribution in [0.4, 0.5) is 0 Å². The summed E-state index contributed by atoms with van der Waals surface area (Å²) < 4.78 is 0. The summed E-state index contributed by atoms with van der Waals surface area (Å²) in [5.41, 5.74) is 7.49. The van der Waals surface area contributed by atoms with Crippen LogP contribution in [0.5, 0.6) is 0 Å². The Kier molecular flexibility index (Phi) is 2.62. The van der Waals surface area contributed by atoms with Gasteiger partial charge in [0.1, 0.15) is 16.4 Å². The van der Waals surface area contributed by atoms with Gasteiger partial charge in [-0.1, -0.05) is 0 Å². The number of hydrogen-bond donors (Lipinski definition) is 1. The van der Waals surface area contributed by atoms with Crippen molar-refractivity contribution >= 4 is 22.7 Å². The Morgan fingerprint density at radius 3 is 2.20 bits per heavy atom. The van der Waals surface area contributed by atoms with Gasteiger partial charge in [0, 0.05) is 10.8 Å². The van der Waals surface area contributed by atoms with Crippen LogP contribution in [0.1, 0.15) is 23.9 Å². The van der Waals surface area contributed by atoms with Crippen LogP contribution in [0.25, 0.3) is 11.4 Å². The van der Waals surface area contributed by atoms with Gasteiger partial charge in [-0.2, -0.15) is 0 Å². The fourth-order valence-corrected chi connectivity index (χ4v) is 2.63. The molecule has 2 N–H and O–H groups in total. The molecular formula is C10H13N3S2. The van der Waals surface area contributed by atoms with E-state index in [0.29, 0.717) is 0 Å². The molecule has 0 aromatic carbocycles. The van der Waals surface area contributed by atoms with Crippen LogP contribution in [-0.2, 0) is 5.54 Å². The van der Waals surface area contributed by atoms with Crippen LogP contribution in [0.15, 0.2) is 10.8 Å². The number of nitrogens with zero attached hydrogens (tertiary/aromatic N) is 2. The lowest BCUT2D eigenvalue weighted by molar-refractivity contribution is 0.551. The summed E-state index contributed by atoms with van der Waals surface area (Å²) in [6.45, 7) is 5.91. The van der Waals surface area contributed by atoms with Gasteiger partial charge in [0.25, 0.3) is 0 Å². The zero-order chi connectivity index (χ0) is 11.1. The van der Waals surface area contributed by atoms with E-state index >= 15 is 0 Å². The van der Waals surface area contributed by atoms with Gasteiger partial charge in [-0.05, 0) is 20.8 Å². The minimum Gasteiger partial charge on any atom is -0.320 e. The van der Waals surface area contributed by atoms with Crippen LogP contribution in [0.3, 0.4) is 0 Å². The molecule has 2 aromatic rings. The normalized spacial score (nSPS) is 12.0. The molecule has 0 atom stereocenters. The predicted molar refractivity (Wildman–Crippen MR) is 65.2 cm³/mol. The van der Waals surface area contributed by atoms with E-state index in [-0.39, 0.29) is 5.54 Å². The van der Waals surface area contributed by atoms with Gasteiger partial charge in [0.15, 0.2) is 0 Å². The van der Waals surface area contributed by atoms with Crippen molar-refractivity contribution in [3.05, 3.63) is 20.8 Å². The standard InChI is InChI=1S/C10H13N3S2/c1-6-12-7(4-14-6)8-5-15-9(13-8)10(2,3)11/h4-5H,11H2,1-3H3. The highest BCUT2D eigenvalue weighted by atomic mass is 32.1. The van der Waals surface area contributed by atoms with Crippen molar-refractivity contribution in [1.29, 1.82) is 0 Å². The van der Waals surface area contributed by atoms with E-state index in [1.807, 2.05) is 31.5 Å². The SMILES string of the molecule is Cc1nc(-c2csc(C(C)(C)N)n2)cs1. The van der Waals surface area contributed by atoms with Crippen molar-refractivity contribution in [3.8, 4) is 11.4 Å². The Balaban J connectivity index is 2.36. The Bertz CT molecular complexity index is 465. The lowest BCUT2D eigenvalue weighted by Gasteiger charge is -2.13. The zero-order valence-electron chi connectivity index (χ0n) is 8.94. The van der Waals surface area contributed by atoms with E-state index in [1.54, 1.807) is 22.7 Å². The van der Waals surface area contributed by atoms with Crippen molar-refractivity contribution in [1.82, 2.24) is 9.97 Å². The number of rotatable bonds is 2. The molecule has 3 nitrogen and oxygen atoms in total.